The first-order valence-corrected chi connectivity index (χ1v) is 8.33. The summed E-state index contributed by atoms with van der Waals surface area (Å²) in [7, 11) is 0. The average Bonchev–Trinajstić information content (AvgIpc) is 3.06. The molecule has 7 heteroatoms. The first-order valence-electron chi connectivity index (χ1n) is 8.33. The molecule has 0 atom stereocenters. The number of nitriles is 1. The second-order valence-electron chi connectivity index (χ2n) is 6.28. The number of hydrogen-bond donors (Lipinski definition) is 0. The summed E-state index contributed by atoms with van der Waals surface area (Å²) in [6.45, 7) is 0. The Balaban J connectivity index is 2.04. The third-order valence-corrected chi connectivity index (χ3v) is 4.60. The fourth-order valence-electron chi connectivity index (χ4n) is 3.39. The minimum Gasteiger partial charge on any atom is -0.276 e. The van der Waals surface area contributed by atoms with E-state index in [1.54, 1.807) is 40.8 Å². The molecule has 0 amide bonds. The molecule has 0 saturated carbocycles. The topological polar surface area (TPSA) is 54.0 Å². The number of rotatable bonds is 1. The van der Waals surface area contributed by atoms with E-state index in [2.05, 4.69) is 9.97 Å². The molecule has 0 spiro atoms. The van der Waals surface area contributed by atoms with E-state index in [-0.39, 0.29) is 5.82 Å². The highest BCUT2D eigenvalue weighted by atomic mass is 19.1. The van der Waals surface area contributed by atoms with Gasteiger partial charge in [-0.1, -0.05) is 12.1 Å². The molecule has 4 nitrogen and oxygen atoms in total. The van der Waals surface area contributed by atoms with Crippen molar-refractivity contribution in [2.24, 2.45) is 0 Å². The van der Waals surface area contributed by atoms with Crippen LogP contribution >= 0.6 is 0 Å². The van der Waals surface area contributed by atoms with Crippen molar-refractivity contribution in [3.8, 4) is 17.5 Å². The van der Waals surface area contributed by atoms with Crippen LogP contribution in [0.15, 0.2) is 54.6 Å². The lowest BCUT2D eigenvalue weighted by Crippen LogP contribution is -2.03. The predicted molar refractivity (Wildman–Crippen MR) is 98.0 cm³/mol. The highest BCUT2D eigenvalue weighted by Gasteiger charge is 2.21. The summed E-state index contributed by atoms with van der Waals surface area (Å²) in [5, 5.41) is 9.80. The summed E-state index contributed by atoms with van der Waals surface area (Å²) in [6, 6.07) is 15.2. The number of fused-ring (bicyclic) bond motifs is 5. The Morgan fingerprint density at radius 3 is 2.36 bits per heavy atom. The maximum Gasteiger partial charge on any atom is 0.152 e. The van der Waals surface area contributed by atoms with Gasteiger partial charge in [-0.05, 0) is 30.3 Å². The van der Waals surface area contributed by atoms with E-state index in [9.17, 15) is 13.2 Å². The Labute approximate surface area is 156 Å². The van der Waals surface area contributed by atoms with Gasteiger partial charge in [-0.2, -0.15) is 5.26 Å². The van der Waals surface area contributed by atoms with Crippen molar-refractivity contribution in [1.82, 2.24) is 14.4 Å². The quantitative estimate of drug-likeness (QED) is 0.415. The SMILES string of the molecule is N#Cc1ccc2c(c1)nc(-c1c(F)cc(F)cc1F)n1c3ccccc3nc21. The molecule has 5 aromatic rings. The number of benzene rings is 3. The highest BCUT2D eigenvalue weighted by molar-refractivity contribution is 5.98. The molecular weight excluding hydrogens is 365 g/mol. The second kappa shape index (κ2) is 5.79. The number of halogens is 3. The van der Waals surface area contributed by atoms with Crippen LogP contribution in [-0.4, -0.2) is 14.4 Å². The zero-order valence-corrected chi connectivity index (χ0v) is 14.1. The summed E-state index contributed by atoms with van der Waals surface area (Å²) in [5.41, 5.74) is 1.92. The normalized spacial score (nSPS) is 11.4. The summed E-state index contributed by atoms with van der Waals surface area (Å²) < 4.78 is 44.1. The third-order valence-electron chi connectivity index (χ3n) is 4.60. The van der Waals surface area contributed by atoms with Crippen molar-refractivity contribution in [2.75, 3.05) is 0 Å². The van der Waals surface area contributed by atoms with E-state index in [1.807, 2.05) is 6.07 Å². The lowest BCUT2D eigenvalue weighted by atomic mass is 10.1. The van der Waals surface area contributed by atoms with Crippen LogP contribution in [0.4, 0.5) is 13.2 Å². The summed E-state index contributed by atoms with van der Waals surface area (Å²) >= 11 is 0. The maximum absolute atomic E-state index is 14.6. The molecule has 3 aromatic carbocycles. The standard InChI is InChI=1S/C21H9F3N4/c22-12-8-14(23)19(15(24)9-12)21-27-17-7-11(10-25)5-6-13(17)20-26-16-3-1-2-4-18(16)28(20)21/h1-9H. The lowest BCUT2D eigenvalue weighted by molar-refractivity contribution is 0.546. The van der Waals surface area contributed by atoms with Gasteiger partial charge in [0.2, 0.25) is 0 Å². The Hall–Kier alpha value is -3.92. The van der Waals surface area contributed by atoms with Crippen molar-refractivity contribution in [1.29, 1.82) is 5.26 Å². The molecular formula is C21H9F3N4. The van der Waals surface area contributed by atoms with E-state index in [0.717, 1.165) is 0 Å². The van der Waals surface area contributed by atoms with Crippen LogP contribution in [0.3, 0.4) is 0 Å². The third kappa shape index (κ3) is 2.25. The van der Waals surface area contributed by atoms with Crippen LogP contribution < -0.4 is 0 Å². The predicted octanol–water partition coefficient (Wildman–Crippen LogP) is 4.99. The van der Waals surface area contributed by atoms with Gasteiger partial charge in [0.1, 0.15) is 23.1 Å². The Morgan fingerprint density at radius 2 is 1.61 bits per heavy atom. The number of imidazole rings is 1. The summed E-state index contributed by atoms with van der Waals surface area (Å²) in [5.74, 6) is -3.21. The molecule has 0 aliphatic carbocycles. The van der Waals surface area contributed by atoms with Gasteiger partial charge < -0.3 is 0 Å². The summed E-state index contributed by atoms with van der Waals surface area (Å²) in [6.07, 6.45) is 0. The number of aromatic nitrogens is 3. The van der Waals surface area contributed by atoms with Gasteiger partial charge in [0.05, 0.1) is 33.7 Å². The average molecular weight is 374 g/mol. The van der Waals surface area contributed by atoms with Crippen LogP contribution in [0.2, 0.25) is 0 Å². The van der Waals surface area contributed by atoms with Crippen molar-refractivity contribution < 1.29 is 13.2 Å². The minimum atomic E-state index is -1.07. The fourth-order valence-corrected chi connectivity index (χ4v) is 3.39. The zero-order valence-electron chi connectivity index (χ0n) is 14.1. The molecule has 0 bridgehead atoms. The van der Waals surface area contributed by atoms with E-state index < -0.39 is 23.0 Å². The number of nitrogens with zero attached hydrogens (tertiary/aromatic N) is 4. The zero-order chi connectivity index (χ0) is 19.4. The molecule has 0 radical (unpaired) electrons. The van der Waals surface area contributed by atoms with Crippen molar-refractivity contribution in [3.05, 3.63) is 77.6 Å². The van der Waals surface area contributed by atoms with Crippen molar-refractivity contribution >= 4 is 27.6 Å². The molecule has 0 saturated heterocycles. The molecule has 134 valence electrons. The van der Waals surface area contributed by atoms with Gasteiger partial charge >= 0.3 is 0 Å². The minimum absolute atomic E-state index is 0.0544. The van der Waals surface area contributed by atoms with Crippen LogP contribution in [0.1, 0.15) is 5.56 Å². The van der Waals surface area contributed by atoms with Gasteiger partial charge in [-0.25, -0.2) is 23.1 Å². The Kier molecular flexibility index (Phi) is 3.36. The van der Waals surface area contributed by atoms with E-state index in [0.29, 0.717) is 45.3 Å². The monoisotopic (exact) mass is 374 g/mol. The molecule has 2 heterocycles. The van der Waals surface area contributed by atoms with E-state index in [1.165, 1.54) is 6.07 Å². The number of hydrogen-bond acceptors (Lipinski definition) is 3. The molecule has 0 unspecified atom stereocenters. The van der Waals surface area contributed by atoms with Crippen molar-refractivity contribution in [3.63, 3.8) is 0 Å². The molecule has 0 fully saturated rings. The smallest absolute Gasteiger partial charge is 0.152 e. The molecule has 0 aliphatic heterocycles. The van der Waals surface area contributed by atoms with Crippen LogP contribution in [0.25, 0.3) is 39.0 Å². The highest BCUT2D eigenvalue weighted by Crippen LogP contribution is 2.32. The van der Waals surface area contributed by atoms with Gasteiger partial charge in [-0.15, -0.1) is 0 Å². The van der Waals surface area contributed by atoms with Crippen LogP contribution in [0.5, 0.6) is 0 Å². The Morgan fingerprint density at radius 1 is 0.857 bits per heavy atom. The fraction of sp³-hybridized carbons (Fsp3) is 0. The molecule has 2 aromatic heterocycles. The van der Waals surface area contributed by atoms with Gasteiger partial charge in [0, 0.05) is 17.5 Å². The first-order chi connectivity index (χ1) is 13.6. The molecule has 0 N–H and O–H groups in total. The first kappa shape index (κ1) is 16.3. The molecule has 0 aliphatic rings. The van der Waals surface area contributed by atoms with Crippen LogP contribution in [-0.2, 0) is 0 Å². The van der Waals surface area contributed by atoms with E-state index >= 15 is 0 Å². The summed E-state index contributed by atoms with van der Waals surface area (Å²) in [4.78, 5) is 9.01. The van der Waals surface area contributed by atoms with Crippen LogP contribution in [0, 0.1) is 28.8 Å². The largest absolute Gasteiger partial charge is 0.276 e. The Bertz CT molecular complexity index is 1440. The van der Waals surface area contributed by atoms with Gasteiger partial charge in [0.15, 0.2) is 5.82 Å². The molecule has 28 heavy (non-hydrogen) atoms. The maximum atomic E-state index is 14.6. The van der Waals surface area contributed by atoms with Crippen molar-refractivity contribution in [2.45, 2.75) is 0 Å². The molecule has 5 rings (SSSR count). The lowest BCUT2D eigenvalue weighted by Gasteiger charge is -2.11. The number of para-hydroxylation sites is 2. The van der Waals surface area contributed by atoms with E-state index in [4.69, 9.17) is 5.26 Å². The van der Waals surface area contributed by atoms with Gasteiger partial charge in [0.25, 0.3) is 0 Å². The van der Waals surface area contributed by atoms with Gasteiger partial charge in [-0.3, -0.25) is 4.40 Å². The second-order valence-corrected chi connectivity index (χ2v) is 6.28.